The maximum Gasteiger partial charge on any atom is 0.234 e. The molecule has 102 valence electrons. The summed E-state index contributed by atoms with van der Waals surface area (Å²) in [7, 11) is 0. The molecule has 1 amide bonds. The van der Waals surface area contributed by atoms with E-state index in [0.29, 0.717) is 11.3 Å². The number of para-hydroxylation sites is 1. The Hall–Kier alpha value is -2.07. The first kappa shape index (κ1) is 14.3. The van der Waals surface area contributed by atoms with Crippen LogP contribution in [0.4, 0.5) is 5.69 Å². The van der Waals surface area contributed by atoms with E-state index in [1.54, 1.807) is 12.1 Å². The maximum atomic E-state index is 11.8. The fourth-order valence-electron chi connectivity index (χ4n) is 1.66. The van der Waals surface area contributed by atoms with Gasteiger partial charge in [0, 0.05) is 11.3 Å². The standard InChI is InChI=1S/C16H15NO2S/c18-15(13-7-3-1-4-8-13)11-20-12-16(19)17-14-9-5-2-6-10-14/h1-10H,11-12H2,(H,17,19). The van der Waals surface area contributed by atoms with Crippen LogP contribution in [-0.4, -0.2) is 23.2 Å². The second-order valence-electron chi connectivity index (χ2n) is 4.20. The third-order valence-electron chi connectivity index (χ3n) is 2.62. The fraction of sp³-hybridized carbons (Fsp3) is 0.125. The summed E-state index contributed by atoms with van der Waals surface area (Å²) in [5.74, 6) is 0.532. The van der Waals surface area contributed by atoms with Crippen LogP contribution in [0.2, 0.25) is 0 Å². The maximum absolute atomic E-state index is 11.8. The molecule has 0 aliphatic heterocycles. The number of ketones is 1. The van der Waals surface area contributed by atoms with Crippen LogP contribution in [0.1, 0.15) is 10.4 Å². The van der Waals surface area contributed by atoms with Gasteiger partial charge in [-0.15, -0.1) is 11.8 Å². The van der Waals surface area contributed by atoms with Crippen molar-refractivity contribution in [2.24, 2.45) is 0 Å². The molecular weight excluding hydrogens is 270 g/mol. The topological polar surface area (TPSA) is 46.2 Å². The molecule has 0 fully saturated rings. The number of benzene rings is 2. The van der Waals surface area contributed by atoms with Gasteiger partial charge in [-0.05, 0) is 12.1 Å². The number of carbonyl (C=O) groups excluding carboxylic acids is 2. The smallest absolute Gasteiger partial charge is 0.234 e. The van der Waals surface area contributed by atoms with Crippen LogP contribution in [0.5, 0.6) is 0 Å². The number of nitrogens with one attached hydrogen (secondary N) is 1. The molecule has 0 aliphatic rings. The second-order valence-corrected chi connectivity index (χ2v) is 5.18. The van der Waals surface area contributed by atoms with Crippen molar-refractivity contribution in [3.8, 4) is 0 Å². The van der Waals surface area contributed by atoms with E-state index >= 15 is 0 Å². The zero-order valence-electron chi connectivity index (χ0n) is 10.9. The molecule has 3 nitrogen and oxygen atoms in total. The lowest BCUT2D eigenvalue weighted by molar-refractivity contribution is -0.113. The Morgan fingerprint density at radius 3 is 2.10 bits per heavy atom. The van der Waals surface area contributed by atoms with E-state index in [1.165, 1.54) is 11.8 Å². The van der Waals surface area contributed by atoms with Crippen molar-refractivity contribution in [3.05, 3.63) is 66.2 Å². The van der Waals surface area contributed by atoms with Crippen molar-refractivity contribution in [2.75, 3.05) is 16.8 Å². The highest BCUT2D eigenvalue weighted by Gasteiger charge is 2.07. The largest absolute Gasteiger partial charge is 0.325 e. The minimum atomic E-state index is -0.0953. The number of anilines is 1. The molecule has 0 heterocycles. The zero-order valence-corrected chi connectivity index (χ0v) is 11.7. The monoisotopic (exact) mass is 285 g/mol. The van der Waals surface area contributed by atoms with Gasteiger partial charge in [-0.1, -0.05) is 48.5 Å². The zero-order chi connectivity index (χ0) is 14.2. The van der Waals surface area contributed by atoms with Gasteiger partial charge >= 0.3 is 0 Å². The molecule has 0 aliphatic carbocycles. The van der Waals surface area contributed by atoms with Crippen molar-refractivity contribution in [2.45, 2.75) is 0 Å². The van der Waals surface area contributed by atoms with Gasteiger partial charge in [0.25, 0.3) is 0 Å². The lowest BCUT2D eigenvalue weighted by Crippen LogP contribution is -2.15. The average molecular weight is 285 g/mol. The first-order valence-electron chi connectivity index (χ1n) is 6.26. The molecule has 2 aromatic rings. The van der Waals surface area contributed by atoms with E-state index in [9.17, 15) is 9.59 Å². The van der Waals surface area contributed by atoms with Gasteiger partial charge in [-0.25, -0.2) is 0 Å². The van der Waals surface area contributed by atoms with E-state index in [0.717, 1.165) is 5.69 Å². The van der Waals surface area contributed by atoms with Crippen molar-refractivity contribution in [1.82, 2.24) is 0 Å². The molecule has 0 saturated carbocycles. The average Bonchev–Trinajstić information content (AvgIpc) is 2.49. The minimum Gasteiger partial charge on any atom is -0.325 e. The number of hydrogen-bond acceptors (Lipinski definition) is 3. The summed E-state index contributed by atoms with van der Waals surface area (Å²) >= 11 is 1.32. The number of thioether (sulfide) groups is 1. The SMILES string of the molecule is O=C(CSCC(=O)c1ccccc1)Nc1ccccc1. The second kappa shape index (κ2) is 7.50. The molecule has 0 aromatic heterocycles. The fourth-order valence-corrected chi connectivity index (χ4v) is 2.37. The summed E-state index contributed by atoms with van der Waals surface area (Å²) < 4.78 is 0. The number of amides is 1. The Balaban J connectivity index is 1.73. The lowest BCUT2D eigenvalue weighted by Gasteiger charge is -2.04. The van der Waals surface area contributed by atoms with Crippen LogP contribution in [0.15, 0.2) is 60.7 Å². The molecule has 0 atom stereocenters. The normalized spacial score (nSPS) is 10.0. The van der Waals surface area contributed by atoms with Crippen LogP contribution in [-0.2, 0) is 4.79 Å². The van der Waals surface area contributed by atoms with E-state index in [-0.39, 0.29) is 17.4 Å². The lowest BCUT2D eigenvalue weighted by atomic mass is 10.2. The molecule has 2 aromatic carbocycles. The van der Waals surface area contributed by atoms with Crippen molar-refractivity contribution >= 4 is 29.1 Å². The summed E-state index contributed by atoms with van der Waals surface area (Å²) in [6.07, 6.45) is 0. The van der Waals surface area contributed by atoms with Gasteiger partial charge in [-0.2, -0.15) is 0 Å². The van der Waals surface area contributed by atoms with Crippen LogP contribution in [0, 0.1) is 0 Å². The van der Waals surface area contributed by atoms with E-state index in [4.69, 9.17) is 0 Å². The third-order valence-corrected chi connectivity index (χ3v) is 3.55. The Labute approximate surface area is 122 Å². The number of carbonyl (C=O) groups is 2. The van der Waals surface area contributed by atoms with E-state index in [1.807, 2.05) is 48.5 Å². The minimum absolute atomic E-state index is 0.0445. The molecule has 2 rings (SSSR count). The molecule has 0 unspecified atom stereocenters. The van der Waals surface area contributed by atoms with E-state index in [2.05, 4.69) is 5.32 Å². The van der Waals surface area contributed by atoms with Gasteiger partial charge in [0.15, 0.2) is 5.78 Å². The summed E-state index contributed by atoms with van der Waals surface area (Å²) in [6, 6.07) is 18.4. The van der Waals surface area contributed by atoms with Crippen LogP contribution in [0.3, 0.4) is 0 Å². The number of Topliss-reactive ketones (excluding diaryl/α,β-unsaturated/α-hetero) is 1. The summed E-state index contributed by atoms with van der Waals surface area (Å²) in [4.78, 5) is 23.5. The molecule has 0 bridgehead atoms. The molecule has 0 radical (unpaired) electrons. The summed E-state index contributed by atoms with van der Waals surface area (Å²) in [6.45, 7) is 0. The van der Waals surface area contributed by atoms with Crippen LogP contribution < -0.4 is 5.32 Å². The number of rotatable bonds is 6. The number of hydrogen-bond donors (Lipinski definition) is 1. The summed E-state index contributed by atoms with van der Waals surface area (Å²) in [5, 5.41) is 2.78. The molecule has 1 N–H and O–H groups in total. The Morgan fingerprint density at radius 2 is 1.45 bits per heavy atom. The van der Waals surface area contributed by atoms with Crippen molar-refractivity contribution in [1.29, 1.82) is 0 Å². The first-order chi connectivity index (χ1) is 9.75. The highest BCUT2D eigenvalue weighted by Crippen LogP contribution is 2.09. The van der Waals surface area contributed by atoms with Gasteiger partial charge in [0.1, 0.15) is 0 Å². The highest BCUT2D eigenvalue weighted by atomic mass is 32.2. The van der Waals surface area contributed by atoms with Crippen molar-refractivity contribution in [3.63, 3.8) is 0 Å². The predicted octanol–water partition coefficient (Wildman–Crippen LogP) is 3.24. The highest BCUT2D eigenvalue weighted by molar-refractivity contribution is 8.00. The molecule has 20 heavy (non-hydrogen) atoms. The Morgan fingerprint density at radius 1 is 0.850 bits per heavy atom. The molecular formula is C16H15NO2S. The molecule has 0 spiro atoms. The summed E-state index contributed by atoms with van der Waals surface area (Å²) in [5.41, 5.74) is 1.45. The van der Waals surface area contributed by atoms with Gasteiger partial charge in [-0.3, -0.25) is 9.59 Å². The predicted molar refractivity (Wildman–Crippen MR) is 83.2 cm³/mol. The Bertz CT molecular complexity index is 570. The van der Waals surface area contributed by atoms with Crippen LogP contribution in [0.25, 0.3) is 0 Å². The Kier molecular flexibility index (Phi) is 5.38. The van der Waals surface area contributed by atoms with E-state index < -0.39 is 0 Å². The van der Waals surface area contributed by atoms with Gasteiger partial charge in [0.2, 0.25) is 5.91 Å². The first-order valence-corrected chi connectivity index (χ1v) is 7.42. The van der Waals surface area contributed by atoms with Crippen molar-refractivity contribution < 1.29 is 9.59 Å². The quantitative estimate of drug-likeness (QED) is 0.829. The van der Waals surface area contributed by atoms with Crippen LogP contribution >= 0.6 is 11.8 Å². The molecule has 0 saturated heterocycles. The van der Waals surface area contributed by atoms with Gasteiger partial charge < -0.3 is 5.32 Å². The molecule has 4 heteroatoms. The third kappa shape index (κ3) is 4.55. The van der Waals surface area contributed by atoms with Gasteiger partial charge in [0.05, 0.1) is 11.5 Å².